The van der Waals surface area contributed by atoms with Crippen molar-refractivity contribution in [3.05, 3.63) is 23.8 Å². The molecule has 1 heterocycles. The molecular weight excluding hydrogens is 400 g/mol. The molecule has 0 aromatic carbocycles. The maximum absolute atomic E-state index is 4.80. The minimum Gasteiger partial charge on any atom is -0.241 e. The highest BCUT2D eigenvalue weighted by Gasteiger charge is 2.26. The normalized spacial score (nSPS) is 25.9. The summed E-state index contributed by atoms with van der Waals surface area (Å²) in [5.41, 5.74) is 1.34. The molecular formula is C31H54N2. The lowest BCUT2D eigenvalue weighted by atomic mass is 9.75. The summed E-state index contributed by atoms with van der Waals surface area (Å²) < 4.78 is 0. The zero-order valence-corrected chi connectivity index (χ0v) is 22.2. The van der Waals surface area contributed by atoms with Gasteiger partial charge in [-0.25, -0.2) is 9.97 Å². The molecule has 0 N–H and O–H groups in total. The third kappa shape index (κ3) is 10.1. The van der Waals surface area contributed by atoms with E-state index in [1.54, 1.807) is 0 Å². The van der Waals surface area contributed by atoms with Gasteiger partial charge in [-0.1, -0.05) is 110 Å². The number of nitrogens with zero attached hydrogens (tertiary/aromatic N) is 2. The van der Waals surface area contributed by atoms with Crippen LogP contribution in [0.25, 0.3) is 0 Å². The Morgan fingerprint density at radius 3 is 1.64 bits per heavy atom. The second-order valence-corrected chi connectivity index (χ2v) is 11.6. The van der Waals surface area contributed by atoms with Gasteiger partial charge in [0.2, 0.25) is 0 Å². The van der Waals surface area contributed by atoms with Crippen LogP contribution in [0.2, 0.25) is 0 Å². The van der Waals surface area contributed by atoms with Crippen LogP contribution in [-0.4, -0.2) is 9.97 Å². The van der Waals surface area contributed by atoms with Gasteiger partial charge in [0.05, 0.1) is 0 Å². The molecule has 0 amide bonds. The molecule has 0 radical (unpaired) electrons. The van der Waals surface area contributed by atoms with E-state index in [1.807, 2.05) is 0 Å². The van der Waals surface area contributed by atoms with E-state index in [-0.39, 0.29) is 0 Å². The van der Waals surface area contributed by atoms with Crippen LogP contribution in [0.1, 0.15) is 160 Å². The molecule has 188 valence electrons. The Morgan fingerprint density at radius 2 is 1.06 bits per heavy atom. The molecule has 0 saturated heterocycles. The lowest BCUT2D eigenvalue weighted by Gasteiger charge is -2.31. The molecule has 0 bridgehead atoms. The summed E-state index contributed by atoms with van der Waals surface area (Å²) in [5, 5.41) is 0. The summed E-state index contributed by atoms with van der Waals surface area (Å²) in [4.78, 5) is 9.61. The molecule has 2 nitrogen and oxygen atoms in total. The predicted molar refractivity (Wildman–Crippen MR) is 143 cm³/mol. The second kappa shape index (κ2) is 15.9. The molecule has 0 spiro atoms. The Kier molecular flexibility index (Phi) is 12.8. The first-order valence-electron chi connectivity index (χ1n) is 15.1. The summed E-state index contributed by atoms with van der Waals surface area (Å²) in [6.45, 7) is 4.62. The van der Waals surface area contributed by atoms with Gasteiger partial charge in [0.1, 0.15) is 5.82 Å². The van der Waals surface area contributed by atoms with Gasteiger partial charge in [-0.15, -0.1) is 0 Å². The van der Waals surface area contributed by atoms with Crippen molar-refractivity contribution < 1.29 is 0 Å². The van der Waals surface area contributed by atoms with Crippen LogP contribution in [0, 0.1) is 17.8 Å². The van der Waals surface area contributed by atoms with Gasteiger partial charge in [-0.2, -0.15) is 0 Å². The fourth-order valence-corrected chi connectivity index (χ4v) is 6.47. The van der Waals surface area contributed by atoms with Crippen molar-refractivity contribution in [3.63, 3.8) is 0 Å². The van der Waals surface area contributed by atoms with Crippen molar-refractivity contribution in [3.8, 4) is 0 Å². The van der Waals surface area contributed by atoms with E-state index in [0.717, 1.165) is 30.0 Å². The number of rotatable bonds is 15. The van der Waals surface area contributed by atoms with Crippen LogP contribution in [0.5, 0.6) is 0 Å². The van der Waals surface area contributed by atoms with Gasteiger partial charge < -0.3 is 0 Å². The molecule has 1 aromatic rings. The number of aryl methyl sites for hydroxylation is 1. The molecule has 2 fully saturated rings. The first-order valence-corrected chi connectivity index (χ1v) is 15.1. The summed E-state index contributed by atoms with van der Waals surface area (Å²) in [7, 11) is 0. The second-order valence-electron chi connectivity index (χ2n) is 11.6. The highest BCUT2D eigenvalue weighted by Crippen LogP contribution is 2.39. The van der Waals surface area contributed by atoms with Gasteiger partial charge in [0.25, 0.3) is 0 Å². The molecule has 2 aliphatic rings. The first kappa shape index (κ1) is 26.7. The molecule has 2 heteroatoms. The van der Waals surface area contributed by atoms with Crippen LogP contribution in [-0.2, 0) is 6.42 Å². The molecule has 0 aliphatic heterocycles. The van der Waals surface area contributed by atoms with Crippen LogP contribution >= 0.6 is 0 Å². The summed E-state index contributed by atoms with van der Waals surface area (Å²) in [5.74, 6) is 4.80. The monoisotopic (exact) mass is 454 g/mol. The zero-order valence-electron chi connectivity index (χ0n) is 22.2. The molecule has 2 aliphatic carbocycles. The Hall–Kier alpha value is -0.920. The van der Waals surface area contributed by atoms with Crippen molar-refractivity contribution in [2.24, 2.45) is 17.8 Å². The van der Waals surface area contributed by atoms with E-state index in [9.17, 15) is 0 Å². The topological polar surface area (TPSA) is 25.8 Å². The highest BCUT2D eigenvalue weighted by molar-refractivity contribution is 5.08. The van der Waals surface area contributed by atoms with E-state index in [2.05, 4.69) is 26.2 Å². The minimum atomic E-state index is 0.614. The van der Waals surface area contributed by atoms with Gasteiger partial charge in [-0.3, -0.25) is 0 Å². The van der Waals surface area contributed by atoms with Crippen LogP contribution in [0.4, 0.5) is 0 Å². The third-order valence-corrected chi connectivity index (χ3v) is 8.92. The fraction of sp³-hybridized carbons (Fsp3) is 0.871. The third-order valence-electron chi connectivity index (χ3n) is 8.92. The lowest BCUT2D eigenvalue weighted by molar-refractivity contribution is 0.222. The van der Waals surface area contributed by atoms with Crippen molar-refractivity contribution in [1.82, 2.24) is 9.97 Å². The van der Waals surface area contributed by atoms with Gasteiger partial charge in [-0.05, 0) is 61.8 Å². The number of hydrogen-bond donors (Lipinski definition) is 0. The highest BCUT2D eigenvalue weighted by atomic mass is 14.9. The first-order chi connectivity index (χ1) is 16.3. The Labute approximate surface area is 206 Å². The number of aromatic nitrogens is 2. The quantitative estimate of drug-likeness (QED) is 0.246. The van der Waals surface area contributed by atoms with Crippen LogP contribution < -0.4 is 0 Å². The smallest absolute Gasteiger partial charge is 0.131 e. The molecule has 0 atom stereocenters. The largest absolute Gasteiger partial charge is 0.241 e. The molecule has 3 rings (SSSR count). The average molecular weight is 455 g/mol. The summed E-state index contributed by atoms with van der Waals surface area (Å²) >= 11 is 0. The molecule has 33 heavy (non-hydrogen) atoms. The van der Waals surface area contributed by atoms with Crippen molar-refractivity contribution in [1.29, 1.82) is 0 Å². The Balaban J connectivity index is 1.26. The maximum atomic E-state index is 4.80. The zero-order chi connectivity index (χ0) is 23.1. The van der Waals surface area contributed by atoms with Crippen LogP contribution in [0.3, 0.4) is 0 Å². The van der Waals surface area contributed by atoms with E-state index >= 15 is 0 Å². The summed E-state index contributed by atoms with van der Waals surface area (Å²) in [6, 6.07) is 0. The Bertz CT molecular complexity index is 594. The van der Waals surface area contributed by atoms with E-state index in [4.69, 9.17) is 9.97 Å². The SMILES string of the molecule is CCCCCCCCCc1cnc(C2CCC(CC[C@H]3CC[C@H](CCCC)CC3)CC2)nc1. The van der Waals surface area contributed by atoms with Gasteiger partial charge >= 0.3 is 0 Å². The molecule has 0 unspecified atom stereocenters. The molecule has 1 aromatic heterocycles. The van der Waals surface area contributed by atoms with Crippen molar-refractivity contribution in [2.75, 3.05) is 0 Å². The molecule has 2 saturated carbocycles. The van der Waals surface area contributed by atoms with E-state index in [0.29, 0.717) is 5.92 Å². The lowest BCUT2D eigenvalue weighted by Crippen LogP contribution is -2.18. The minimum absolute atomic E-state index is 0.614. The Morgan fingerprint density at radius 1 is 0.576 bits per heavy atom. The van der Waals surface area contributed by atoms with Crippen LogP contribution in [0.15, 0.2) is 12.4 Å². The van der Waals surface area contributed by atoms with Crippen molar-refractivity contribution in [2.45, 2.75) is 155 Å². The average Bonchev–Trinajstić information content (AvgIpc) is 2.87. The predicted octanol–water partition coefficient (Wildman–Crippen LogP) is 9.82. The maximum Gasteiger partial charge on any atom is 0.131 e. The van der Waals surface area contributed by atoms with Gasteiger partial charge in [0.15, 0.2) is 0 Å². The standard InChI is InChI=1S/C31H54N2/c1-3-5-7-8-9-10-11-13-29-24-32-31(33-25-29)30-22-20-28(21-23-30)19-18-27-16-14-26(15-17-27)12-6-4-2/h24-28,30H,3-23H2,1-2H3/t26-,27-,28?,30?. The van der Waals surface area contributed by atoms with E-state index < -0.39 is 0 Å². The summed E-state index contributed by atoms with van der Waals surface area (Å²) in [6.07, 6.45) is 33.8. The van der Waals surface area contributed by atoms with Crippen molar-refractivity contribution >= 4 is 0 Å². The fourth-order valence-electron chi connectivity index (χ4n) is 6.47. The van der Waals surface area contributed by atoms with E-state index in [1.165, 1.54) is 134 Å². The van der Waals surface area contributed by atoms with Gasteiger partial charge in [0, 0.05) is 18.3 Å². The number of unbranched alkanes of at least 4 members (excludes halogenated alkanes) is 7. The number of hydrogen-bond acceptors (Lipinski definition) is 2.